The van der Waals surface area contributed by atoms with Crippen molar-refractivity contribution in [1.29, 1.82) is 0 Å². The fourth-order valence-corrected chi connectivity index (χ4v) is 1.46. The highest BCUT2D eigenvalue weighted by Gasteiger charge is 2.11. The molecular formula is C12H18N6. The van der Waals surface area contributed by atoms with E-state index in [1.165, 1.54) is 0 Å². The number of aryl methyl sites for hydroxylation is 1. The number of rotatable bonds is 3. The molecule has 2 N–H and O–H groups in total. The van der Waals surface area contributed by atoms with Gasteiger partial charge < -0.3 is 5.32 Å². The maximum absolute atomic E-state index is 4.44. The third-order valence-electron chi connectivity index (χ3n) is 2.53. The number of H-pyrrole nitrogens is 1. The van der Waals surface area contributed by atoms with Crippen molar-refractivity contribution < 1.29 is 0 Å². The first kappa shape index (κ1) is 12.6. The van der Waals surface area contributed by atoms with Crippen LogP contribution in [0.1, 0.15) is 32.0 Å². The third kappa shape index (κ3) is 3.10. The molecule has 6 heteroatoms. The predicted octanol–water partition coefficient (Wildman–Crippen LogP) is 1.46. The van der Waals surface area contributed by atoms with E-state index in [1.54, 1.807) is 6.20 Å². The first-order valence-corrected chi connectivity index (χ1v) is 5.89. The van der Waals surface area contributed by atoms with Crippen molar-refractivity contribution in [3.63, 3.8) is 0 Å². The first-order valence-electron chi connectivity index (χ1n) is 5.89. The number of nitrogens with zero attached hydrogens (tertiary/aromatic N) is 4. The normalized spacial score (nSPS) is 11.8. The van der Waals surface area contributed by atoms with Crippen LogP contribution in [0.15, 0.2) is 12.4 Å². The van der Waals surface area contributed by atoms with Crippen LogP contribution < -0.4 is 5.32 Å². The molecule has 18 heavy (non-hydrogen) atoms. The molecule has 2 aromatic rings. The predicted molar refractivity (Wildman–Crippen MR) is 68.7 cm³/mol. The largest absolute Gasteiger partial charge is 0.308 e. The van der Waals surface area contributed by atoms with Crippen LogP contribution in [0.25, 0.3) is 11.5 Å². The van der Waals surface area contributed by atoms with Crippen molar-refractivity contribution in [2.24, 2.45) is 0 Å². The van der Waals surface area contributed by atoms with Gasteiger partial charge in [0.2, 0.25) is 0 Å². The minimum Gasteiger partial charge on any atom is -0.308 e. The first-order chi connectivity index (χ1) is 8.46. The number of hydrogen-bond acceptors (Lipinski definition) is 5. The molecule has 0 amide bonds. The maximum atomic E-state index is 4.44. The van der Waals surface area contributed by atoms with Gasteiger partial charge in [-0.25, -0.2) is 9.97 Å². The molecule has 2 rings (SSSR count). The van der Waals surface area contributed by atoms with Crippen molar-refractivity contribution in [2.75, 3.05) is 0 Å². The molecule has 0 bridgehead atoms. The summed E-state index contributed by atoms with van der Waals surface area (Å²) in [5.74, 6) is 0.598. The standard InChI is InChI=1S/C12H18N6/c1-8-9(6-14-12(2,3)4)5-13-11(16-8)10-7-15-18-17-10/h5,7,14H,6H2,1-4H3,(H,15,17,18). The highest BCUT2D eigenvalue weighted by Crippen LogP contribution is 2.13. The molecule has 2 aromatic heterocycles. The van der Waals surface area contributed by atoms with Crippen LogP contribution in [0.5, 0.6) is 0 Å². The molecular weight excluding hydrogens is 228 g/mol. The van der Waals surface area contributed by atoms with Crippen LogP contribution in [0.3, 0.4) is 0 Å². The van der Waals surface area contributed by atoms with Crippen LogP contribution in [-0.2, 0) is 6.54 Å². The van der Waals surface area contributed by atoms with Gasteiger partial charge in [-0.15, -0.1) is 0 Å². The van der Waals surface area contributed by atoms with Gasteiger partial charge in [-0.3, -0.25) is 0 Å². The Bertz CT molecular complexity index is 512. The quantitative estimate of drug-likeness (QED) is 0.857. The van der Waals surface area contributed by atoms with Gasteiger partial charge in [0, 0.05) is 29.5 Å². The molecule has 0 unspecified atom stereocenters. The Kier molecular flexibility index (Phi) is 3.38. The summed E-state index contributed by atoms with van der Waals surface area (Å²) in [5.41, 5.74) is 2.79. The van der Waals surface area contributed by atoms with Crippen molar-refractivity contribution in [3.05, 3.63) is 23.7 Å². The Labute approximate surface area is 106 Å². The summed E-state index contributed by atoms with van der Waals surface area (Å²) >= 11 is 0. The fourth-order valence-electron chi connectivity index (χ4n) is 1.46. The minimum atomic E-state index is 0.0806. The summed E-state index contributed by atoms with van der Waals surface area (Å²) in [6.45, 7) is 9.13. The summed E-state index contributed by atoms with van der Waals surface area (Å²) in [5, 5.41) is 13.7. The number of nitrogens with one attached hydrogen (secondary N) is 2. The monoisotopic (exact) mass is 246 g/mol. The summed E-state index contributed by atoms with van der Waals surface area (Å²) in [7, 11) is 0. The summed E-state index contributed by atoms with van der Waals surface area (Å²) < 4.78 is 0. The van der Waals surface area contributed by atoms with Gasteiger partial charge in [0.05, 0.1) is 6.20 Å². The number of hydrogen-bond donors (Lipinski definition) is 2. The van der Waals surface area contributed by atoms with E-state index in [9.17, 15) is 0 Å². The van der Waals surface area contributed by atoms with Crippen molar-refractivity contribution in [2.45, 2.75) is 39.8 Å². The van der Waals surface area contributed by atoms with Gasteiger partial charge in [0.15, 0.2) is 5.82 Å². The maximum Gasteiger partial charge on any atom is 0.181 e. The highest BCUT2D eigenvalue weighted by atomic mass is 15.3. The Hall–Kier alpha value is -1.82. The van der Waals surface area contributed by atoms with E-state index in [0.29, 0.717) is 11.5 Å². The van der Waals surface area contributed by atoms with Crippen molar-refractivity contribution in [3.8, 4) is 11.5 Å². The van der Waals surface area contributed by atoms with Gasteiger partial charge in [-0.1, -0.05) is 0 Å². The second-order valence-corrected chi connectivity index (χ2v) is 5.26. The Morgan fingerprint density at radius 2 is 2.06 bits per heavy atom. The molecule has 0 aliphatic heterocycles. The van der Waals surface area contributed by atoms with E-state index in [4.69, 9.17) is 0 Å². The number of aromatic amines is 1. The lowest BCUT2D eigenvalue weighted by Gasteiger charge is -2.20. The van der Waals surface area contributed by atoms with Gasteiger partial charge in [-0.2, -0.15) is 15.4 Å². The Balaban J connectivity index is 2.16. The van der Waals surface area contributed by atoms with Gasteiger partial charge in [0.1, 0.15) is 5.69 Å². The lowest BCUT2D eigenvalue weighted by molar-refractivity contribution is 0.423. The van der Waals surface area contributed by atoms with Crippen LogP contribution in [0, 0.1) is 6.92 Å². The molecule has 0 saturated carbocycles. The van der Waals surface area contributed by atoms with Crippen LogP contribution >= 0.6 is 0 Å². The van der Waals surface area contributed by atoms with Crippen LogP contribution in [0.4, 0.5) is 0 Å². The second kappa shape index (κ2) is 4.81. The molecule has 0 aliphatic rings. The van der Waals surface area contributed by atoms with Gasteiger partial charge in [0.25, 0.3) is 0 Å². The van der Waals surface area contributed by atoms with E-state index in [0.717, 1.165) is 17.8 Å². The highest BCUT2D eigenvalue weighted by molar-refractivity contribution is 5.46. The smallest absolute Gasteiger partial charge is 0.181 e. The van der Waals surface area contributed by atoms with E-state index in [2.05, 4.69) is 51.5 Å². The van der Waals surface area contributed by atoms with Crippen LogP contribution in [0.2, 0.25) is 0 Å². The van der Waals surface area contributed by atoms with Gasteiger partial charge >= 0.3 is 0 Å². The molecule has 0 saturated heterocycles. The Morgan fingerprint density at radius 1 is 1.28 bits per heavy atom. The molecule has 0 aromatic carbocycles. The molecule has 96 valence electrons. The summed E-state index contributed by atoms with van der Waals surface area (Å²) in [4.78, 5) is 8.75. The average molecular weight is 246 g/mol. The minimum absolute atomic E-state index is 0.0806. The zero-order chi connectivity index (χ0) is 13.2. The SMILES string of the molecule is Cc1nc(-c2cn[nH]n2)ncc1CNC(C)(C)C. The topological polar surface area (TPSA) is 79.4 Å². The lowest BCUT2D eigenvalue weighted by Crippen LogP contribution is -2.35. The zero-order valence-electron chi connectivity index (χ0n) is 11.2. The van der Waals surface area contributed by atoms with E-state index in [1.807, 2.05) is 13.1 Å². The molecule has 0 spiro atoms. The fraction of sp³-hybridized carbons (Fsp3) is 0.500. The molecule has 2 heterocycles. The molecule has 6 nitrogen and oxygen atoms in total. The zero-order valence-corrected chi connectivity index (χ0v) is 11.2. The molecule has 0 fully saturated rings. The Morgan fingerprint density at radius 3 is 2.61 bits per heavy atom. The molecule has 0 aliphatic carbocycles. The summed E-state index contributed by atoms with van der Waals surface area (Å²) in [6, 6.07) is 0. The molecule has 0 atom stereocenters. The third-order valence-corrected chi connectivity index (χ3v) is 2.53. The van der Waals surface area contributed by atoms with Gasteiger partial charge in [-0.05, 0) is 27.7 Å². The average Bonchev–Trinajstić information content (AvgIpc) is 2.79. The molecule has 0 radical (unpaired) electrons. The van der Waals surface area contributed by atoms with Crippen LogP contribution in [-0.4, -0.2) is 30.9 Å². The summed E-state index contributed by atoms with van der Waals surface area (Å²) in [6.07, 6.45) is 3.45. The van der Waals surface area contributed by atoms with E-state index >= 15 is 0 Å². The van der Waals surface area contributed by atoms with Crippen molar-refractivity contribution in [1.82, 2.24) is 30.7 Å². The van der Waals surface area contributed by atoms with E-state index in [-0.39, 0.29) is 5.54 Å². The van der Waals surface area contributed by atoms with E-state index < -0.39 is 0 Å². The van der Waals surface area contributed by atoms with Crippen molar-refractivity contribution >= 4 is 0 Å². The number of aromatic nitrogens is 5. The second-order valence-electron chi connectivity index (χ2n) is 5.26. The lowest BCUT2D eigenvalue weighted by atomic mass is 10.1.